The van der Waals surface area contributed by atoms with Crippen molar-refractivity contribution in [2.24, 2.45) is 0 Å². The Morgan fingerprint density at radius 1 is 0.933 bits per heavy atom. The molecule has 5 heteroatoms. The molecule has 0 aliphatic carbocycles. The zero-order valence-electron chi connectivity index (χ0n) is 16.4. The van der Waals surface area contributed by atoms with Gasteiger partial charge in [0.25, 0.3) is 0 Å². The Balaban J connectivity index is 1.39. The molecule has 5 aromatic rings. The number of imidazole rings is 1. The van der Waals surface area contributed by atoms with Gasteiger partial charge < -0.3 is 9.55 Å². The first-order chi connectivity index (χ1) is 14.8. The van der Waals surface area contributed by atoms with E-state index in [9.17, 15) is 4.79 Å². The van der Waals surface area contributed by atoms with Crippen LogP contribution in [0.5, 0.6) is 0 Å². The van der Waals surface area contributed by atoms with E-state index in [0.29, 0.717) is 5.75 Å². The third kappa shape index (κ3) is 3.64. The fourth-order valence-electron chi connectivity index (χ4n) is 3.78. The van der Waals surface area contributed by atoms with E-state index in [4.69, 9.17) is 4.98 Å². The first-order valence-corrected chi connectivity index (χ1v) is 11.0. The van der Waals surface area contributed by atoms with E-state index in [1.165, 1.54) is 17.3 Å². The number of Topliss-reactive ketones (excluding diaryl/α,β-unsaturated/α-hetero) is 1. The molecule has 0 fully saturated rings. The average Bonchev–Trinajstić information content (AvgIpc) is 3.38. The molecule has 0 atom stereocenters. The number of hydrogen-bond donors (Lipinski definition) is 1. The molecule has 0 saturated heterocycles. The van der Waals surface area contributed by atoms with E-state index in [2.05, 4.69) is 39.9 Å². The minimum absolute atomic E-state index is 0.110. The van der Waals surface area contributed by atoms with Crippen LogP contribution >= 0.6 is 11.8 Å². The molecule has 0 bridgehead atoms. The van der Waals surface area contributed by atoms with Gasteiger partial charge in [0.1, 0.15) is 0 Å². The molecule has 0 saturated carbocycles. The molecule has 0 spiro atoms. The lowest BCUT2D eigenvalue weighted by Crippen LogP contribution is -2.06. The Morgan fingerprint density at radius 2 is 1.70 bits per heavy atom. The Labute approximate surface area is 179 Å². The van der Waals surface area contributed by atoms with Gasteiger partial charge in [-0.25, -0.2) is 4.98 Å². The summed E-state index contributed by atoms with van der Waals surface area (Å²) in [4.78, 5) is 20.9. The summed E-state index contributed by atoms with van der Waals surface area (Å²) in [5.41, 5.74) is 5.09. The van der Waals surface area contributed by atoms with Crippen molar-refractivity contribution in [1.82, 2.24) is 14.5 Å². The maximum absolute atomic E-state index is 12.9. The minimum Gasteiger partial charge on any atom is -0.360 e. The number of thioether (sulfide) groups is 1. The van der Waals surface area contributed by atoms with Crippen molar-refractivity contribution >= 4 is 39.5 Å². The van der Waals surface area contributed by atoms with Crippen LogP contribution in [0.3, 0.4) is 0 Å². The maximum Gasteiger partial charge on any atom is 0.175 e. The molecule has 1 N–H and O–H groups in total. The summed E-state index contributed by atoms with van der Waals surface area (Å²) in [5, 5.41) is 1.86. The van der Waals surface area contributed by atoms with Crippen LogP contribution in [0.2, 0.25) is 0 Å². The summed E-state index contributed by atoms with van der Waals surface area (Å²) < 4.78 is 2.23. The number of fused-ring (bicyclic) bond motifs is 2. The third-order valence-corrected chi connectivity index (χ3v) is 6.28. The molecule has 4 nitrogen and oxygen atoms in total. The van der Waals surface area contributed by atoms with Gasteiger partial charge in [-0.05, 0) is 30.2 Å². The Kier molecular flexibility index (Phi) is 5.11. The van der Waals surface area contributed by atoms with Crippen LogP contribution in [0.4, 0.5) is 0 Å². The van der Waals surface area contributed by atoms with Crippen molar-refractivity contribution in [1.29, 1.82) is 0 Å². The number of H-pyrrole nitrogens is 1. The van der Waals surface area contributed by atoms with Crippen molar-refractivity contribution in [2.45, 2.75) is 18.1 Å². The molecule has 0 radical (unpaired) electrons. The van der Waals surface area contributed by atoms with Gasteiger partial charge in [-0.15, -0.1) is 0 Å². The Morgan fingerprint density at radius 3 is 2.60 bits per heavy atom. The lowest BCUT2D eigenvalue weighted by Gasteiger charge is -2.09. The van der Waals surface area contributed by atoms with Gasteiger partial charge in [0, 0.05) is 29.2 Å². The highest BCUT2D eigenvalue weighted by atomic mass is 32.2. The number of aryl methyl sites for hydroxylation is 2. The predicted molar refractivity (Wildman–Crippen MR) is 123 cm³/mol. The number of hydrogen-bond acceptors (Lipinski definition) is 3. The SMILES string of the molecule is O=C(CSc1nc2ccccc2n1CCc1ccccc1)c1c[nH]c2ccccc12. The van der Waals surface area contributed by atoms with Crippen LogP contribution in [0.15, 0.2) is 90.2 Å². The number of aromatic amines is 1. The number of carbonyl (C=O) groups excluding carboxylic acids is 1. The molecule has 30 heavy (non-hydrogen) atoms. The van der Waals surface area contributed by atoms with Crippen molar-refractivity contribution in [2.75, 3.05) is 5.75 Å². The quantitative estimate of drug-likeness (QED) is 0.275. The molecule has 148 valence electrons. The van der Waals surface area contributed by atoms with Crippen LogP contribution in [0, 0.1) is 0 Å². The summed E-state index contributed by atoms with van der Waals surface area (Å²) in [5.74, 6) is 0.468. The zero-order chi connectivity index (χ0) is 20.3. The largest absolute Gasteiger partial charge is 0.360 e. The Bertz CT molecular complexity index is 1320. The summed E-state index contributed by atoms with van der Waals surface area (Å²) in [6.45, 7) is 0.828. The summed E-state index contributed by atoms with van der Waals surface area (Å²) in [6, 6.07) is 26.5. The zero-order valence-corrected chi connectivity index (χ0v) is 17.2. The van der Waals surface area contributed by atoms with Crippen LogP contribution in [-0.2, 0) is 13.0 Å². The summed E-state index contributed by atoms with van der Waals surface area (Å²) >= 11 is 1.51. The number of benzene rings is 3. The van der Waals surface area contributed by atoms with E-state index in [1.807, 2.05) is 54.7 Å². The average molecular weight is 412 g/mol. The lowest BCUT2D eigenvalue weighted by molar-refractivity contribution is 0.102. The van der Waals surface area contributed by atoms with Crippen molar-refractivity contribution in [3.8, 4) is 0 Å². The second-order valence-corrected chi connectivity index (χ2v) is 8.17. The van der Waals surface area contributed by atoms with Crippen LogP contribution in [0.1, 0.15) is 15.9 Å². The monoisotopic (exact) mass is 411 g/mol. The molecule has 3 aromatic carbocycles. The number of ketones is 1. The summed E-state index contributed by atoms with van der Waals surface area (Å²) in [7, 11) is 0. The van der Waals surface area contributed by atoms with E-state index in [1.54, 1.807) is 0 Å². The highest BCUT2D eigenvalue weighted by molar-refractivity contribution is 7.99. The number of para-hydroxylation sites is 3. The van der Waals surface area contributed by atoms with Gasteiger partial charge in [-0.2, -0.15) is 0 Å². The van der Waals surface area contributed by atoms with E-state index >= 15 is 0 Å². The van der Waals surface area contributed by atoms with Gasteiger partial charge in [0.15, 0.2) is 10.9 Å². The number of aromatic nitrogens is 3. The molecular weight excluding hydrogens is 390 g/mol. The minimum atomic E-state index is 0.110. The first kappa shape index (κ1) is 18.7. The number of rotatable bonds is 7. The normalized spacial score (nSPS) is 11.3. The first-order valence-electron chi connectivity index (χ1n) is 10.0. The van der Waals surface area contributed by atoms with E-state index in [-0.39, 0.29) is 5.78 Å². The van der Waals surface area contributed by atoms with Crippen molar-refractivity contribution < 1.29 is 4.79 Å². The molecular formula is C25H21N3OS. The molecule has 0 aliphatic rings. The van der Waals surface area contributed by atoms with Gasteiger partial charge in [-0.3, -0.25) is 4.79 Å². The van der Waals surface area contributed by atoms with E-state index in [0.717, 1.165) is 45.6 Å². The molecule has 0 unspecified atom stereocenters. The Hall–Kier alpha value is -3.31. The highest BCUT2D eigenvalue weighted by Gasteiger charge is 2.16. The van der Waals surface area contributed by atoms with E-state index < -0.39 is 0 Å². The van der Waals surface area contributed by atoms with Crippen LogP contribution < -0.4 is 0 Å². The number of carbonyl (C=O) groups is 1. The lowest BCUT2D eigenvalue weighted by atomic mass is 10.1. The second-order valence-electron chi connectivity index (χ2n) is 7.23. The van der Waals surface area contributed by atoms with Crippen LogP contribution in [-0.4, -0.2) is 26.1 Å². The maximum atomic E-state index is 12.9. The van der Waals surface area contributed by atoms with Crippen LogP contribution in [0.25, 0.3) is 21.9 Å². The fourth-order valence-corrected chi connectivity index (χ4v) is 4.70. The van der Waals surface area contributed by atoms with Crippen molar-refractivity contribution in [3.63, 3.8) is 0 Å². The molecule has 5 rings (SSSR count). The highest BCUT2D eigenvalue weighted by Crippen LogP contribution is 2.26. The molecule has 2 heterocycles. The summed E-state index contributed by atoms with van der Waals surface area (Å²) in [6.07, 6.45) is 2.73. The third-order valence-electron chi connectivity index (χ3n) is 5.31. The van der Waals surface area contributed by atoms with Gasteiger partial charge in [-0.1, -0.05) is 72.4 Å². The number of nitrogens with zero attached hydrogens (tertiary/aromatic N) is 2. The van der Waals surface area contributed by atoms with Gasteiger partial charge in [0.2, 0.25) is 0 Å². The smallest absolute Gasteiger partial charge is 0.175 e. The molecule has 0 aliphatic heterocycles. The van der Waals surface area contributed by atoms with Gasteiger partial charge >= 0.3 is 0 Å². The fraction of sp³-hybridized carbons (Fsp3) is 0.120. The predicted octanol–water partition coefficient (Wildman–Crippen LogP) is 5.74. The van der Waals surface area contributed by atoms with Crippen molar-refractivity contribution in [3.05, 3.63) is 96.2 Å². The number of nitrogens with one attached hydrogen (secondary N) is 1. The molecule has 0 amide bonds. The van der Waals surface area contributed by atoms with Gasteiger partial charge in [0.05, 0.1) is 16.8 Å². The topological polar surface area (TPSA) is 50.7 Å². The molecule has 2 aromatic heterocycles. The standard InChI is InChI=1S/C25H21N3OS/c29-24(20-16-26-21-11-5-4-10-19(20)21)17-30-25-27-22-12-6-7-13-23(22)28(25)15-14-18-8-2-1-3-9-18/h1-13,16,26H,14-15,17H2. The second kappa shape index (κ2) is 8.20.